The van der Waals surface area contributed by atoms with Crippen molar-refractivity contribution < 1.29 is 19.4 Å². The average Bonchev–Trinajstić information content (AvgIpc) is 2.82. The first-order chi connectivity index (χ1) is 9.47. The third kappa shape index (κ3) is 3.10. The number of carbonyl (C=O) groups is 2. The molecule has 1 aromatic heterocycles. The molecule has 0 bridgehead atoms. The molecule has 1 atom stereocenters. The molecular formula is C15H20O4S. The molecule has 1 aliphatic rings. The highest BCUT2D eigenvalue weighted by Gasteiger charge is 2.43. The number of aryl methyl sites for hydroxylation is 1. The fourth-order valence-corrected chi connectivity index (χ4v) is 3.55. The summed E-state index contributed by atoms with van der Waals surface area (Å²) in [6.45, 7) is 3.98. The minimum atomic E-state index is -0.693. The molecule has 2 rings (SSSR count). The molecule has 1 N–H and O–H groups in total. The van der Waals surface area contributed by atoms with Crippen LogP contribution < -0.4 is 0 Å². The number of ether oxygens (including phenoxy) is 1. The molecule has 110 valence electrons. The normalized spacial score (nSPS) is 23.2. The van der Waals surface area contributed by atoms with E-state index in [0.29, 0.717) is 19.3 Å². The first-order valence-corrected chi connectivity index (χ1v) is 7.79. The van der Waals surface area contributed by atoms with Gasteiger partial charge in [-0.05, 0) is 40.6 Å². The number of Topliss-reactive ketones (excluding diaryl/α,β-unsaturated/α-hetero) is 1. The van der Waals surface area contributed by atoms with E-state index in [1.807, 2.05) is 24.6 Å². The van der Waals surface area contributed by atoms with Crippen molar-refractivity contribution in [3.05, 3.63) is 21.9 Å². The lowest BCUT2D eigenvalue weighted by atomic mass is 9.78. The molecule has 1 aromatic rings. The highest BCUT2D eigenvalue weighted by atomic mass is 32.1. The Hall–Kier alpha value is -1.20. The number of rotatable bonds is 5. The van der Waals surface area contributed by atoms with E-state index in [2.05, 4.69) is 0 Å². The Morgan fingerprint density at radius 2 is 2.05 bits per heavy atom. The summed E-state index contributed by atoms with van der Waals surface area (Å²) < 4.78 is 5.56. The van der Waals surface area contributed by atoms with E-state index in [1.54, 1.807) is 11.3 Å². The topological polar surface area (TPSA) is 63.6 Å². The number of hydrogen-bond acceptors (Lipinski definition) is 5. The van der Waals surface area contributed by atoms with Crippen molar-refractivity contribution in [1.29, 1.82) is 0 Å². The van der Waals surface area contributed by atoms with Gasteiger partial charge in [-0.15, -0.1) is 0 Å². The summed E-state index contributed by atoms with van der Waals surface area (Å²) in [6.07, 6.45) is 1.52. The maximum Gasteiger partial charge on any atom is 0.313 e. The number of carbonyl (C=O) groups excluding carboxylic acids is 2. The van der Waals surface area contributed by atoms with Gasteiger partial charge in [-0.25, -0.2) is 0 Å². The molecule has 0 aliphatic carbocycles. The summed E-state index contributed by atoms with van der Waals surface area (Å²) in [5.41, 5.74) is 1.30. The van der Waals surface area contributed by atoms with Gasteiger partial charge in [0.2, 0.25) is 0 Å². The van der Waals surface area contributed by atoms with E-state index in [1.165, 1.54) is 0 Å². The van der Waals surface area contributed by atoms with Crippen molar-refractivity contribution in [3.63, 3.8) is 0 Å². The van der Waals surface area contributed by atoms with Crippen LogP contribution in [0.1, 0.15) is 44.2 Å². The predicted octanol–water partition coefficient (Wildman–Crippen LogP) is 2.47. The van der Waals surface area contributed by atoms with Gasteiger partial charge in [-0.2, -0.15) is 11.3 Å². The van der Waals surface area contributed by atoms with Crippen LogP contribution in [0.4, 0.5) is 0 Å². The van der Waals surface area contributed by atoms with Crippen molar-refractivity contribution in [1.82, 2.24) is 0 Å². The monoisotopic (exact) mass is 296 g/mol. The Kier molecular flexibility index (Phi) is 4.60. The van der Waals surface area contributed by atoms with Crippen LogP contribution in [0.3, 0.4) is 0 Å². The molecule has 1 aliphatic heterocycles. The fourth-order valence-electron chi connectivity index (χ4n) is 2.66. The summed E-state index contributed by atoms with van der Waals surface area (Å²) >= 11 is 1.55. The molecule has 2 heterocycles. The zero-order chi connectivity index (χ0) is 14.8. The van der Waals surface area contributed by atoms with E-state index in [9.17, 15) is 14.7 Å². The predicted molar refractivity (Wildman–Crippen MR) is 76.5 cm³/mol. The third-order valence-electron chi connectivity index (χ3n) is 4.03. The maximum absolute atomic E-state index is 11.7. The number of esters is 1. The van der Waals surface area contributed by atoms with E-state index in [4.69, 9.17) is 4.74 Å². The SMILES string of the molecule is CC(C)C1(CCc2cscc2CO)CC(=O)CC(=O)O1. The molecule has 5 heteroatoms. The van der Waals surface area contributed by atoms with Crippen LogP contribution in [0.5, 0.6) is 0 Å². The molecule has 1 fully saturated rings. The molecule has 0 radical (unpaired) electrons. The van der Waals surface area contributed by atoms with Crippen LogP contribution in [0.25, 0.3) is 0 Å². The summed E-state index contributed by atoms with van der Waals surface area (Å²) in [5, 5.41) is 13.2. The molecule has 0 spiro atoms. The molecule has 0 saturated carbocycles. The Labute approximate surface area is 122 Å². The summed E-state index contributed by atoms with van der Waals surface area (Å²) in [7, 11) is 0. The van der Waals surface area contributed by atoms with Crippen molar-refractivity contribution >= 4 is 23.1 Å². The van der Waals surface area contributed by atoms with E-state index >= 15 is 0 Å². The van der Waals surface area contributed by atoms with Gasteiger partial charge in [-0.1, -0.05) is 13.8 Å². The molecule has 4 nitrogen and oxygen atoms in total. The van der Waals surface area contributed by atoms with Crippen LogP contribution in [-0.4, -0.2) is 22.5 Å². The molecule has 20 heavy (non-hydrogen) atoms. The second kappa shape index (κ2) is 6.06. The van der Waals surface area contributed by atoms with Crippen LogP contribution in [0, 0.1) is 5.92 Å². The molecule has 0 amide bonds. The number of hydrogen-bond donors (Lipinski definition) is 1. The van der Waals surface area contributed by atoms with Gasteiger partial charge in [0.1, 0.15) is 17.8 Å². The van der Waals surface area contributed by atoms with E-state index < -0.39 is 11.6 Å². The van der Waals surface area contributed by atoms with Crippen LogP contribution in [-0.2, 0) is 27.4 Å². The molecule has 0 aromatic carbocycles. The van der Waals surface area contributed by atoms with Crippen LogP contribution >= 0.6 is 11.3 Å². The Bertz CT molecular complexity index is 488. The van der Waals surface area contributed by atoms with Gasteiger partial charge in [-0.3, -0.25) is 9.59 Å². The maximum atomic E-state index is 11.7. The van der Waals surface area contributed by atoms with E-state index in [-0.39, 0.29) is 24.7 Å². The number of aliphatic hydroxyl groups excluding tert-OH is 1. The standard InChI is InChI=1S/C15H20O4S/c1-10(2)15(6-13(17)5-14(18)19-15)4-3-11-8-20-9-12(11)7-16/h8-10,16H,3-7H2,1-2H3. The van der Waals surface area contributed by atoms with E-state index in [0.717, 1.165) is 11.1 Å². The lowest BCUT2D eigenvalue weighted by Gasteiger charge is -2.39. The van der Waals surface area contributed by atoms with Gasteiger partial charge >= 0.3 is 5.97 Å². The van der Waals surface area contributed by atoms with Crippen molar-refractivity contribution in [2.45, 2.75) is 51.7 Å². The van der Waals surface area contributed by atoms with Gasteiger partial charge < -0.3 is 9.84 Å². The van der Waals surface area contributed by atoms with Gasteiger partial charge in [0.05, 0.1) is 6.61 Å². The van der Waals surface area contributed by atoms with Gasteiger partial charge in [0.25, 0.3) is 0 Å². The molecule has 1 unspecified atom stereocenters. The summed E-state index contributed by atoms with van der Waals surface area (Å²) in [5.74, 6) is -0.364. The number of cyclic esters (lactones) is 1. The molecular weight excluding hydrogens is 276 g/mol. The lowest BCUT2D eigenvalue weighted by Crippen LogP contribution is -2.47. The van der Waals surface area contributed by atoms with Crippen LogP contribution in [0.2, 0.25) is 0 Å². The number of thiophene rings is 1. The smallest absolute Gasteiger partial charge is 0.313 e. The van der Waals surface area contributed by atoms with Crippen LogP contribution in [0.15, 0.2) is 10.8 Å². The Morgan fingerprint density at radius 1 is 1.35 bits per heavy atom. The second-order valence-electron chi connectivity index (χ2n) is 5.67. The second-order valence-corrected chi connectivity index (χ2v) is 6.41. The summed E-state index contributed by atoms with van der Waals surface area (Å²) in [4.78, 5) is 23.3. The zero-order valence-corrected chi connectivity index (χ0v) is 12.7. The van der Waals surface area contributed by atoms with Gasteiger partial charge in [0.15, 0.2) is 0 Å². The minimum Gasteiger partial charge on any atom is -0.458 e. The largest absolute Gasteiger partial charge is 0.458 e. The number of ketones is 1. The average molecular weight is 296 g/mol. The highest BCUT2D eigenvalue weighted by Crippen LogP contribution is 2.36. The Balaban J connectivity index is 2.13. The Morgan fingerprint density at radius 3 is 2.65 bits per heavy atom. The van der Waals surface area contributed by atoms with Crippen molar-refractivity contribution in [2.24, 2.45) is 5.92 Å². The van der Waals surface area contributed by atoms with Crippen molar-refractivity contribution in [3.8, 4) is 0 Å². The third-order valence-corrected chi connectivity index (χ3v) is 4.87. The lowest BCUT2D eigenvalue weighted by molar-refractivity contribution is -0.177. The highest BCUT2D eigenvalue weighted by molar-refractivity contribution is 7.08. The number of aliphatic hydroxyl groups is 1. The first kappa shape index (κ1) is 15.2. The zero-order valence-electron chi connectivity index (χ0n) is 11.8. The quantitative estimate of drug-likeness (QED) is 0.669. The fraction of sp³-hybridized carbons (Fsp3) is 0.600. The summed E-state index contributed by atoms with van der Waals surface area (Å²) in [6, 6.07) is 0. The van der Waals surface area contributed by atoms with Gasteiger partial charge in [0, 0.05) is 6.42 Å². The first-order valence-electron chi connectivity index (χ1n) is 6.85. The minimum absolute atomic E-state index is 0.0201. The molecule has 1 saturated heterocycles. The van der Waals surface area contributed by atoms with Crippen molar-refractivity contribution in [2.75, 3.05) is 0 Å².